The van der Waals surface area contributed by atoms with Crippen LogP contribution in [0.2, 0.25) is 0 Å². The third-order valence-corrected chi connectivity index (χ3v) is 6.61. The zero-order valence-electron chi connectivity index (χ0n) is 25.8. The van der Waals surface area contributed by atoms with Gasteiger partial charge in [-0.2, -0.15) is 0 Å². The summed E-state index contributed by atoms with van der Waals surface area (Å²) in [7, 11) is 0. The molecule has 0 aliphatic rings. The van der Waals surface area contributed by atoms with E-state index in [9.17, 15) is 14.7 Å². The predicted octanol–water partition coefficient (Wildman–Crippen LogP) is 9.50. The summed E-state index contributed by atoms with van der Waals surface area (Å²) in [5.41, 5.74) is 0. The molecule has 0 radical (unpaired) electrons. The number of carbonyl (C=O) groups excluding carboxylic acids is 2. The molecule has 0 aromatic rings. The molecule has 0 saturated carbocycles. The van der Waals surface area contributed by atoms with Crippen molar-refractivity contribution in [1.82, 2.24) is 0 Å². The van der Waals surface area contributed by atoms with Crippen LogP contribution in [0.15, 0.2) is 48.6 Å². The number of rotatable bonds is 28. The summed E-state index contributed by atoms with van der Waals surface area (Å²) in [6.07, 6.45) is 37.3. The summed E-state index contributed by atoms with van der Waals surface area (Å²) in [6, 6.07) is 0. The fourth-order valence-electron chi connectivity index (χ4n) is 4.13. The van der Waals surface area contributed by atoms with E-state index in [-0.39, 0.29) is 25.2 Å². The Morgan fingerprint density at radius 2 is 1.07 bits per heavy atom. The highest BCUT2D eigenvalue weighted by Gasteiger charge is 2.16. The van der Waals surface area contributed by atoms with Crippen molar-refractivity contribution >= 4 is 11.9 Å². The summed E-state index contributed by atoms with van der Waals surface area (Å²) in [4.78, 5) is 24.1. The Morgan fingerprint density at radius 1 is 0.600 bits per heavy atom. The standard InChI is InChI=1S/C35H60O5/c1-3-5-7-9-11-13-15-16-17-18-20-22-24-26-28-30-35(38)40-33(31-36)32-39-34(37)29-27-25-23-21-19-14-12-10-8-6-4-2/h5,7,10-13,16-17,33,36H,3-4,6,8-9,14-15,18-32H2,1-2H3/t33-/m0/s1. The van der Waals surface area contributed by atoms with Gasteiger partial charge >= 0.3 is 11.9 Å². The van der Waals surface area contributed by atoms with Gasteiger partial charge in [0, 0.05) is 12.8 Å². The summed E-state index contributed by atoms with van der Waals surface area (Å²) in [5.74, 6) is -0.629. The minimum Gasteiger partial charge on any atom is -0.462 e. The molecule has 5 heteroatoms. The first-order valence-corrected chi connectivity index (χ1v) is 16.2. The molecular weight excluding hydrogens is 500 g/mol. The molecule has 0 aliphatic heterocycles. The minimum atomic E-state index is -0.781. The lowest BCUT2D eigenvalue weighted by molar-refractivity contribution is -0.161. The van der Waals surface area contributed by atoms with Crippen molar-refractivity contribution in [3.8, 4) is 0 Å². The SMILES string of the molecule is CCC=CCC=CCC=CCCCCCCCC(=O)O[C@@H](CO)COC(=O)CCCCCCCC=CCCCC. The van der Waals surface area contributed by atoms with E-state index < -0.39 is 6.10 Å². The average molecular weight is 561 g/mol. The molecule has 0 aromatic carbocycles. The Kier molecular flexibility index (Phi) is 29.7. The third kappa shape index (κ3) is 28.9. The van der Waals surface area contributed by atoms with E-state index in [2.05, 4.69) is 62.5 Å². The van der Waals surface area contributed by atoms with Crippen LogP contribution in [0, 0.1) is 0 Å². The van der Waals surface area contributed by atoms with Crippen LogP contribution < -0.4 is 0 Å². The van der Waals surface area contributed by atoms with Gasteiger partial charge < -0.3 is 14.6 Å². The van der Waals surface area contributed by atoms with Gasteiger partial charge in [-0.15, -0.1) is 0 Å². The Hall–Kier alpha value is -2.14. The largest absolute Gasteiger partial charge is 0.462 e. The maximum absolute atomic E-state index is 12.1. The van der Waals surface area contributed by atoms with Crippen LogP contribution in [0.25, 0.3) is 0 Å². The van der Waals surface area contributed by atoms with Gasteiger partial charge in [-0.1, -0.05) is 114 Å². The summed E-state index contributed by atoms with van der Waals surface area (Å²) in [5, 5.41) is 9.48. The van der Waals surface area contributed by atoms with E-state index in [1.165, 1.54) is 38.5 Å². The number of esters is 2. The maximum Gasteiger partial charge on any atom is 0.306 e. The van der Waals surface area contributed by atoms with Crippen molar-refractivity contribution in [2.24, 2.45) is 0 Å². The molecule has 1 atom stereocenters. The Bertz CT molecular complexity index is 692. The van der Waals surface area contributed by atoms with E-state index in [4.69, 9.17) is 9.47 Å². The molecule has 1 N–H and O–H groups in total. The first-order valence-electron chi connectivity index (χ1n) is 16.2. The summed E-state index contributed by atoms with van der Waals surface area (Å²) in [6.45, 7) is 3.94. The smallest absolute Gasteiger partial charge is 0.306 e. The zero-order valence-corrected chi connectivity index (χ0v) is 25.8. The normalized spacial score (nSPS) is 12.8. The van der Waals surface area contributed by atoms with Crippen molar-refractivity contribution in [2.45, 2.75) is 148 Å². The average Bonchev–Trinajstić information content (AvgIpc) is 2.96. The van der Waals surface area contributed by atoms with Crippen molar-refractivity contribution < 1.29 is 24.2 Å². The number of hydrogen-bond acceptors (Lipinski definition) is 5. The lowest BCUT2D eigenvalue weighted by atomic mass is 10.1. The molecule has 0 aromatic heterocycles. The molecule has 0 saturated heterocycles. The lowest BCUT2D eigenvalue weighted by Crippen LogP contribution is -2.28. The molecule has 0 rings (SSSR count). The van der Waals surface area contributed by atoms with Gasteiger partial charge in [0.15, 0.2) is 6.10 Å². The Morgan fingerprint density at radius 3 is 1.65 bits per heavy atom. The number of aliphatic hydroxyl groups is 1. The molecule has 230 valence electrons. The lowest BCUT2D eigenvalue weighted by Gasteiger charge is -2.15. The highest BCUT2D eigenvalue weighted by Crippen LogP contribution is 2.11. The molecule has 0 bridgehead atoms. The second-order valence-electron chi connectivity index (χ2n) is 10.5. The number of allylic oxidation sites excluding steroid dienone is 8. The Labute approximate surface area is 246 Å². The van der Waals surface area contributed by atoms with Crippen molar-refractivity contribution in [3.05, 3.63) is 48.6 Å². The van der Waals surface area contributed by atoms with E-state index in [0.29, 0.717) is 12.8 Å². The van der Waals surface area contributed by atoms with E-state index in [1.54, 1.807) is 0 Å². The maximum atomic E-state index is 12.1. The van der Waals surface area contributed by atoms with Crippen LogP contribution in [0.4, 0.5) is 0 Å². The summed E-state index contributed by atoms with van der Waals surface area (Å²) < 4.78 is 10.5. The van der Waals surface area contributed by atoms with Gasteiger partial charge in [-0.25, -0.2) is 0 Å². The molecule has 0 heterocycles. The molecule has 0 unspecified atom stereocenters. The minimum absolute atomic E-state index is 0.0787. The van der Waals surface area contributed by atoms with Crippen molar-refractivity contribution in [1.29, 1.82) is 0 Å². The van der Waals surface area contributed by atoms with Gasteiger partial charge in [0.1, 0.15) is 6.61 Å². The number of unbranched alkanes of at least 4 members (excludes halogenated alkanes) is 12. The number of hydrogen-bond donors (Lipinski definition) is 1. The van der Waals surface area contributed by atoms with Gasteiger partial charge in [-0.3, -0.25) is 9.59 Å². The van der Waals surface area contributed by atoms with Gasteiger partial charge in [0.25, 0.3) is 0 Å². The monoisotopic (exact) mass is 560 g/mol. The predicted molar refractivity (Wildman–Crippen MR) is 168 cm³/mol. The first kappa shape index (κ1) is 37.9. The fourth-order valence-corrected chi connectivity index (χ4v) is 4.13. The second-order valence-corrected chi connectivity index (χ2v) is 10.5. The summed E-state index contributed by atoms with van der Waals surface area (Å²) >= 11 is 0. The fraction of sp³-hybridized carbons (Fsp3) is 0.714. The topological polar surface area (TPSA) is 72.8 Å². The quantitative estimate of drug-likeness (QED) is 0.0586. The molecule has 0 amide bonds. The first-order chi connectivity index (χ1) is 19.6. The molecule has 0 fully saturated rings. The van der Waals surface area contributed by atoms with E-state index in [1.807, 2.05) is 0 Å². The molecular formula is C35H60O5. The Balaban J connectivity index is 3.65. The molecule has 0 spiro atoms. The van der Waals surface area contributed by atoms with Crippen molar-refractivity contribution in [2.75, 3.05) is 13.2 Å². The number of aliphatic hydroxyl groups excluding tert-OH is 1. The van der Waals surface area contributed by atoms with E-state index in [0.717, 1.165) is 77.0 Å². The molecule has 40 heavy (non-hydrogen) atoms. The van der Waals surface area contributed by atoms with Crippen LogP contribution >= 0.6 is 0 Å². The highest BCUT2D eigenvalue weighted by molar-refractivity contribution is 5.70. The zero-order chi connectivity index (χ0) is 29.4. The number of ether oxygens (including phenoxy) is 2. The molecule has 0 aliphatic carbocycles. The van der Waals surface area contributed by atoms with Crippen molar-refractivity contribution in [3.63, 3.8) is 0 Å². The second kappa shape index (κ2) is 31.4. The van der Waals surface area contributed by atoms with Gasteiger partial charge in [0.05, 0.1) is 6.61 Å². The highest BCUT2D eigenvalue weighted by atomic mass is 16.6. The van der Waals surface area contributed by atoms with Crippen LogP contribution in [0.5, 0.6) is 0 Å². The third-order valence-electron chi connectivity index (χ3n) is 6.61. The molecule has 5 nitrogen and oxygen atoms in total. The number of carbonyl (C=O) groups is 2. The van der Waals surface area contributed by atoms with Gasteiger partial charge in [0.2, 0.25) is 0 Å². The van der Waals surface area contributed by atoms with Crippen LogP contribution in [0.1, 0.15) is 142 Å². The van der Waals surface area contributed by atoms with Crippen LogP contribution in [-0.4, -0.2) is 36.4 Å². The van der Waals surface area contributed by atoms with E-state index >= 15 is 0 Å². The van der Waals surface area contributed by atoms with Crippen LogP contribution in [0.3, 0.4) is 0 Å². The van der Waals surface area contributed by atoms with Crippen LogP contribution in [-0.2, 0) is 19.1 Å². The van der Waals surface area contributed by atoms with Gasteiger partial charge in [-0.05, 0) is 64.2 Å².